The molecule has 0 saturated heterocycles. The summed E-state index contributed by atoms with van der Waals surface area (Å²) in [6.07, 6.45) is 1.68. The molecule has 3 nitrogen and oxygen atoms in total. The molecule has 4 heteroatoms. The highest BCUT2D eigenvalue weighted by Gasteiger charge is 1.97. The lowest BCUT2D eigenvalue weighted by atomic mass is 10.1. The van der Waals surface area contributed by atoms with Crippen molar-refractivity contribution in [1.82, 2.24) is 4.90 Å². The Labute approximate surface area is 109 Å². The van der Waals surface area contributed by atoms with Gasteiger partial charge in [0.1, 0.15) is 5.75 Å². The van der Waals surface area contributed by atoms with Gasteiger partial charge in [-0.1, -0.05) is 24.4 Å². The highest BCUT2D eigenvalue weighted by atomic mass is 32.1. The van der Waals surface area contributed by atoms with Gasteiger partial charge in [-0.05, 0) is 38.2 Å². The third-order valence-electron chi connectivity index (χ3n) is 2.32. The van der Waals surface area contributed by atoms with E-state index >= 15 is 0 Å². The second-order valence-corrected chi connectivity index (χ2v) is 4.82. The summed E-state index contributed by atoms with van der Waals surface area (Å²) in [6, 6.07) is 7.92. The maximum atomic E-state index is 5.63. The summed E-state index contributed by atoms with van der Waals surface area (Å²) in [6.45, 7) is 1.78. The minimum atomic E-state index is 0.518. The Bertz CT molecular complexity index is 349. The van der Waals surface area contributed by atoms with Crippen LogP contribution in [-0.4, -0.2) is 37.1 Å². The van der Waals surface area contributed by atoms with Crippen LogP contribution in [0, 0.1) is 0 Å². The van der Waals surface area contributed by atoms with Crippen LogP contribution >= 0.6 is 12.2 Å². The first-order valence-corrected chi connectivity index (χ1v) is 6.13. The summed E-state index contributed by atoms with van der Waals surface area (Å²) < 4.78 is 5.63. The Hall–Kier alpha value is -1.13. The van der Waals surface area contributed by atoms with Crippen molar-refractivity contribution in [3.63, 3.8) is 0 Å². The number of hydrogen-bond acceptors (Lipinski definition) is 3. The molecule has 0 unspecified atom stereocenters. The zero-order valence-electron chi connectivity index (χ0n) is 10.5. The van der Waals surface area contributed by atoms with Gasteiger partial charge in [0, 0.05) is 13.0 Å². The molecule has 0 aromatic heterocycles. The fourth-order valence-corrected chi connectivity index (χ4v) is 1.64. The molecular weight excluding hydrogens is 232 g/mol. The van der Waals surface area contributed by atoms with Crippen molar-refractivity contribution in [2.75, 3.05) is 27.2 Å². The van der Waals surface area contributed by atoms with Gasteiger partial charge < -0.3 is 15.4 Å². The number of benzene rings is 1. The normalized spacial score (nSPS) is 10.5. The summed E-state index contributed by atoms with van der Waals surface area (Å²) in [7, 11) is 4.12. The van der Waals surface area contributed by atoms with Gasteiger partial charge in [-0.3, -0.25) is 0 Å². The van der Waals surface area contributed by atoms with Crippen LogP contribution in [0.3, 0.4) is 0 Å². The van der Waals surface area contributed by atoms with Gasteiger partial charge in [0.2, 0.25) is 0 Å². The van der Waals surface area contributed by atoms with Gasteiger partial charge in [0.25, 0.3) is 0 Å². The fraction of sp³-hybridized carbons (Fsp3) is 0.462. The van der Waals surface area contributed by atoms with Gasteiger partial charge in [0.15, 0.2) is 0 Å². The van der Waals surface area contributed by atoms with E-state index in [0.717, 1.165) is 30.9 Å². The second kappa shape index (κ2) is 7.25. The number of nitrogens with two attached hydrogens (primary N) is 1. The summed E-state index contributed by atoms with van der Waals surface area (Å²) in [5, 5.41) is 0. The minimum absolute atomic E-state index is 0.518. The second-order valence-electron chi connectivity index (χ2n) is 4.29. The van der Waals surface area contributed by atoms with E-state index in [-0.39, 0.29) is 0 Å². The van der Waals surface area contributed by atoms with E-state index in [1.165, 1.54) is 0 Å². The molecule has 0 atom stereocenters. The van der Waals surface area contributed by atoms with E-state index in [9.17, 15) is 0 Å². The number of nitrogens with zero attached hydrogens (tertiary/aromatic N) is 1. The zero-order valence-corrected chi connectivity index (χ0v) is 11.3. The first kappa shape index (κ1) is 13.9. The zero-order chi connectivity index (χ0) is 12.7. The monoisotopic (exact) mass is 252 g/mol. The number of hydrogen-bond donors (Lipinski definition) is 1. The SMILES string of the molecule is CN(C)CCCOc1ccc(CC(N)=S)cc1. The van der Waals surface area contributed by atoms with Crippen molar-refractivity contribution in [2.45, 2.75) is 12.8 Å². The maximum Gasteiger partial charge on any atom is 0.119 e. The van der Waals surface area contributed by atoms with Gasteiger partial charge >= 0.3 is 0 Å². The van der Waals surface area contributed by atoms with Crippen LogP contribution in [0.5, 0.6) is 5.75 Å². The molecule has 0 aliphatic heterocycles. The number of thiocarbonyl (C=S) groups is 1. The fourth-order valence-electron chi connectivity index (χ4n) is 1.48. The van der Waals surface area contributed by atoms with E-state index in [0.29, 0.717) is 11.4 Å². The lowest BCUT2D eigenvalue weighted by Gasteiger charge is -2.10. The number of ether oxygens (including phenoxy) is 1. The smallest absolute Gasteiger partial charge is 0.119 e. The van der Waals surface area contributed by atoms with Crippen molar-refractivity contribution in [1.29, 1.82) is 0 Å². The molecule has 0 spiro atoms. The van der Waals surface area contributed by atoms with E-state index in [1.54, 1.807) is 0 Å². The van der Waals surface area contributed by atoms with Gasteiger partial charge in [-0.2, -0.15) is 0 Å². The van der Waals surface area contributed by atoms with Crippen molar-refractivity contribution in [3.05, 3.63) is 29.8 Å². The maximum absolute atomic E-state index is 5.63. The van der Waals surface area contributed by atoms with Crippen LogP contribution in [0.2, 0.25) is 0 Å². The molecular formula is C13H20N2OS. The predicted octanol–water partition coefficient (Wildman–Crippen LogP) is 1.85. The Morgan fingerprint density at radius 1 is 1.29 bits per heavy atom. The largest absolute Gasteiger partial charge is 0.494 e. The Morgan fingerprint density at radius 2 is 1.94 bits per heavy atom. The molecule has 0 aliphatic rings. The highest BCUT2D eigenvalue weighted by molar-refractivity contribution is 7.80. The lowest BCUT2D eigenvalue weighted by Crippen LogP contribution is -2.15. The summed E-state index contributed by atoms with van der Waals surface area (Å²) in [5.74, 6) is 0.899. The molecule has 0 bridgehead atoms. The van der Waals surface area contributed by atoms with Gasteiger partial charge in [-0.15, -0.1) is 0 Å². The van der Waals surface area contributed by atoms with Gasteiger partial charge in [0.05, 0.1) is 11.6 Å². The lowest BCUT2D eigenvalue weighted by molar-refractivity contribution is 0.281. The molecule has 1 rings (SSSR count). The Balaban J connectivity index is 2.32. The van der Waals surface area contributed by atoms with Crippen molar-refractivity contribution in [3.8, 4) is 5.75 Å². The van der Waals surface area contributed by atoms with Crippen LogP contribution in [0.1, 0.15) is 12.0 Å². The average molecular weight is 252 g/mol. The third kappa shape index (κ3) is 6.24. The molecule has 0 fully saturated rings. The molecule has 2 N–H and O–H groups in total. The molecule has 0 saturated carbocycles. The molecule has 0 aliphatic carbocycles. The van der Waals surface area contributed by atoms with Crippen LogP contribution in [-0.2, 0) is 6.42 Å². The van der Waals surface area contributed by atoms with Crippen molar-refractivity contribution < 1.29 is 4.74 Å². The molecule has 1 aromatic rings. The standard InChI is InChI=1S/C13H20N2OS/c1-15(2)8-3-9-16-12-6-4-11(5-7-12)10-13(14)17/h4-7H,3,8-10H2,1-2H3,(H2,14,17). The summed E-state index contributed by atoms with van der Waals surface area (Å²) >= 11 is 4.86. The summed E-state index contributed by atoms with van der Waals surface area (Å²) in [5.41, 5.74) is 6.61. The number of rotatable bonds is 7. The summed E-state index contributed by atoms with van der Waals surface area (Å²) in [4.78, 5) is 2.67. The van der Waals surface area contributed by atoms with Gasteiger partial charge in [-0.25, -0.2) is 0 Å². The quantitative estimate of drug-likeness (QED) is 0.594. The molecule has 94 valence electrons. The molecule has 1 aromatic carbocycles. The van der Waals surface area contributed by atoms with E-state index in [2.05, 4.69) is 19.0 Å². The Morgan fingerprint density at radius 3 is 2.47 bits per heavy atom. The molecule has 17 heavy (non-hydrogen) atoms. The first-order chi connectivity index (χ1) is 8.08. The molecule has 0 radical (unpaired) electrons. The highest BCUT2D eigenvalue weighted by Crippen LogP contribution is 2.12. The van der Waals surface area contributed by atoms with Crippen LogP contribution in [0.4, 0.5) is 0 Å². The first-order valence-electron chi connectivity index (χ1n) is 5.72. The molecule has 0 amide bonds. The van der Waals surface area contributed by atoms with E-state index in [1.807, 2.05) is 24.3 Å². The Kier molecular flexibility index (Phi) is 5.94. The minimum Gasteiger partial charge on any atom is -0.494 e. The third-order valence-corrected chi connectivity index (χ3v) is 2.46. The predicted molar refractivity (Wildman–Crippen MR) is 75.6 cm³/mol. The average Bonchev–Trinajstić information content (AvgIpc) is 2.25. The van der Waals surface area contributed by atoms with Crippen LogP contribution < -0.4 is 10.5 Å². The molecule has 0 heterocycles. The van der Waals surface area contributed by atoms with Crippen molar-refractivity contribution >= 4 is 17.2 Å². The topological polar surface area (TPSA) is 38.5 Å². The van der Waals surface area contributed by atoms with E-state index < -0.39 is 0 Å². The van der Waals surface area contributed by atoms with Crippen LogP contribution in [0.15, 0.2) is 24.3 Å². The van der Waals surface area contributed by atoms with Crippen LogP contribution in [0.25, 0.3) is 0 Å². The van der Waals surface area contributed by atoms with E-state index in [4.69, 9.17) is 22.7 Å². The van der Waals surface area contributed by atoms with Crippen molar-refractivity contribution in [2.24, 2.45) is 5.73 Å².